The molecule has 4 N–H and O–H groups in total. The zero-order chi connectivity index (χ0) is 15.8. The third-order valence-corrected chi connectivity index (χ3v) is 4.01. The van der Waals surface area contributed by atoms with Gasteiger partial charge >= 0.3 is 0 Å². The van der Waals surface area contributed by atoms with Gasteiger partial charge in [0.05, 0.1) is 0 Å². The molecule has 2 rings (SSSR count). The number of hydrogen-bond donors (Lipinski definition) is 3. The van der Waals surface area contributed by atoms with Crippen LogP contribution >= 0.6 is 35.6 Å². The highest BCUT2D eigenvalue weighted by Crippen LogP contribution is 2.26. The summed E-state index contributed by atoms with van der Waals surface area (Å²) >= 11 is 5.79. The monoisotopic (exact) mass is 450 g/mol. The molecule has 1 amide bonds. The average molecular weight is 451 g/mol. The summed E-state index contributed by atoms with van der Waals surface area (Å²) in [5.74, 6) is 1.17. The van der Waals surface area contributed by atoms with Gasteiger partial charge in [-0.2, -0.15) is 0 Å². The van der Waals surface area contributed by atoms with Crippen LogP contribution < -0.4 is 16.4 Å². The fourth-order valence-corrected chi connectivity index (χ4v) is 2.31. The van der Waals surface area contributed by atoms with Gasteiger partial charge in [0.1, 0.15) is 0 Å². The molecule has 0 aromatic heterocycles. The molecule has 1 aromatic carbocycles. The van der Waals surface area contributed by atoms with Crippen LogP contribution in [0.4, 0.5) is 5.69 Å². The van der Waals surface area contributed by atoms with E-state index in [1.54, 1.807) is 24.3 Å². The van der Waals surface area contributed by atoms with E-state index in [4.69, 9.17) is 17.3 Å². The van der Waals surface area contributed by atoms with Crippen molar-refractivity contribution < 1.29 is 4.79 Å². The van der Waals surface area contributed by atoms with Gasteiger partial charge in [-0.3, -0.25) is 9.79 Å². The van der Waals surface area contributed by atoms with Crippen molar-refractivity contribution in [3.63, 3.8) is 0 Å². The highest BCUT2D eigenvalue weighted by Gasteiger charge is 2.16. The first-order valence-corrected chi connectivity index (χ1v) is 8.10. The Morgan fingerprint density at radius 2 is 2.00 bits per heavy atom. The summed E-state index contributed by atoms with van der Waals surface area (Å²) in [4.78, 5) is 16.1. The van der Waals surface area contributed by atoms with Gasteiger partial charge in [0, 0.05) is 30.2 Å². The summed E-state index contributed by atoms with van der Waals surface area (Å²) in [6.07, 6.45) is 4.99. The standard InChI is InChI=1S/C16H23ClN4O.HI/c17-13-6-8-14(9-7-13)21-15(22)5-2-10-19-16(18)20-11-12-3-1-4-12;/h6-9,12H,1-5,10-11H2,(H,21,22)(H3,18,19,20);1H. The maximum atomic E-state index is 11.8. The first kappa shape index (κ1) is 20.0. The Morgan fingerprint density at radius 3 is 2.61 bits per heavy atom. The van der Waals surface area contributed by atoms with Crippen LogP contribution in [-0.4, -0.2) is 25.0 Å². The summed E-state index contributed by atoms with van der Waals surface area (Å²) in [6.45, 7) is 1.46. The van der Waals surface area contributed by atoms with Gasteiger partial charge < -0.3 is 16.4 Å². The predicted molar refractivity (Wildman–Crippen MR) is 107 cm³/mol. The Balaban J connectivity index is 0.00000264. The second kappa shape index (κ2) is 10.7. The number of carbonyl (C=O) groups excluding carboxylic acids is 1. The molecule has 0 atom stereocenters. The molecular formula is C16H24ClIN4O. The van der Waals surface area contributed by atoms with Crippen LogP contribution in [0.3, 0.4) is 0 Å². The molecule has 0 spiro atoms. The van der Waals surface area contributed by atoms with Crippen LogP contribution in [0.25, 0.3) is 0 Å². The van der Waals surface area contributed by atoms with Crippen molar-refractivity contribution in [3.05, 3.63) is 29.3 Å². The van der Waals surface area contributed by atoms with Gasteiger partial charge in [0.15, 0.2) is 5.96 Å². The van der Waals surface area contributed by atoms with Gasteiger partial charge in [0.2, 0.25) is 5.91 Å². The largest absolute Gasteiger partial charge is 0.370 e. The Hall–Kier alpha value is -1.02. The van der Waals surface area contributed by atoms with Crippen LogP contribution in [0, 0.1) is 5.92 Å². The molecule has 1 aromatic rings. The van der Waals surface area contributed by atoms with E-state index >= 15 is 0 Å². The van der Waals surface area contributed by atoms with Crippen LogP contribution in [0.5, 0.6) is 0 Å². The second-order valence-electron chi connectivity index (χ2n) is 5.61. The summed E-state index contributed by atoms with van der Waals surface area (Å²) in [5, 5.41) is 6.52. The molecule has 0 radical (unpaired) electrons. The lowest BCUT2D eigenvalue weighted by molar-refractivity contribution is -0.116. The lowest BCUT2D eigenvalue weighted by Crippen LogP contribution is -2.33. The van der Waals surface area contributed by atoms with Crippen LogP contribution in [0.2, 0.25) is 5.02 Å². The van der Waals surface area contributed by atoms with Crippen LogP contribution in [0.15, 0.2) is 29.3 Å². The van der Waals surface area contributed by atoms with Crippen molar-refractivity contribution in [2.45, 2.75) is 32.1 Å². The minimum absolute atomic E-state index is 0. The van der Waals surface area contributed by atoms with E-state index in [1.807, 2.05) is 0 Å². The van der Waals surface area contributed by atoms with Crippen molar-refractivity contribution in [1.29, 1.82) is 0 Å². The van der Waals surface area contributed by atoms with Crippen molar-refractivity contribution in [3.8, 4) is 0 Å². The summed E-state index contributed by atoms with van der Waals surface area (Å²) < 4.78 is 0. The number of nitrogens with two attached hydrogens (primary N) is 1. The molecule has 0 bridgehead atoms. The number of carbonyl (C=O) groups is 1. The molecule has 1 saturated carbocycles. The normalized spacial score (nSPS) is 14.6. The maximum Gasteiger partial charge on any atom is 0.224 e. The Kier molecular flexibility index (Phi) is 9.31. The number of anilines is 1. The van der Waals surface area contributed by atoms with E-state index < -0.39 is 0 Å². The number of halogens is 2. The Labute approximate surface area is 159 Å². The third-order valence-electron chi connectivity index (χ3n) is 3.76. The second-order valence-corrected chi connectivity index (χ2v) is 6.04. The molecule has 23 heavy (non-hydrogen) atoms. The molecule has 0 aliphatic heterocycles. The quantitative estimate of drug-likeness (QED) is 0.258. The highest BCUT2D eigenvalue weighted by atomic mass is 127. The minimum atomic E-state index is -0.0194. The SMILES string of the molecule is I.NC(=NCC1CCC1)NCCCC(=O)Nc1ccc(Cl)cc1. The van der Waals surface area contributed by atoms with Gasteiger partial charge in [0.25, 0.3) is 0 Å². The smallest absolute Gasteiger partial charge is 0.224 e. The van der Waals surface area contributed by atoms with Crippen molar-refractivity contribution in [1.82, 2.24) is 5.32 Å². The van der Waals surface area contributed by atoms with Gasteiger partial charge in [-0.1, -0.05) is 18.0 Å². The Bertz CT molecular complexity index is 517. The molecular weight excluding hydrogens is 427 g/mol. The van der Waals surface area contributed by atoms with Crippen molar-refractivity contribution in [2.24, 2.45) is 16.6 Å². The Morgan fingerprint density at radius 1 is 1.30 bits per heavy atom. The number of benzene rings is 1. The van der Waals surface area contributed by atoms with Crippen LogP contribution in [0.1, 0.15) is 32.1 Å². The van der Waals surface area contributed by atoms with Gasteiger partial charge in [-0.05, 0) is 49.4 Å². The number of amides is 1. The highest BCUT2D eigenvalue weighted by molar-refractivity contribution is 14.0. The van der Waals surface area contributed by atoms with E-state index in [1.165, 1.54) is 19.3 Å². The lowest BCUT2D eigenvalue weighted by atomic mass is 9.86. The molecule has 1 aliphatic carbocycles. The first-order chi connectivity index (χ1) is 10.6. The predicted octanol–water partition coefficient (Wildman–Crippen LogP) is 3.38. The van der Waals surface area contributed by atoms with E-state index in [2.05, 4.69) is 15.6 Å². The molecule has 0 saturated heterocycles. The molecule has 5 nitrogen and oxygen atoms in total. The van der Waals surface area contributed by atoms with E-state index in [9.17, 15) is 4.79 Å². The number of aliphatic imine (C=N–C) groups is 1. The minimum Gasteiger partial charge on any atom is -0.370 e. The average Bonchev–Trinajstić information content (AvgIpc) is 2.44. The number of nitrogens with one attached hydrogen (secondary N) is 2. The zero-order valence-electron chi connectivity index (χ0n) is 13.1. The van der Waals surface area contributed by atoms with E-state index in [-0.39, 0.29) is 29.9 Å². The molecule has 7 heteroatoms. The maximum absolute atomic E-state index is 11.8. The molecule has 0 unspecified atom stereocenters. The van der Waals surface area contributed by atoms with E-state index in [0.717, 1.165) is 12.2 Å². The summed E-state index contributed by atoms with van der Waals surface area (Å²) in [7, 11) is 0. The molecule has 1 fully saturated rings. The van der Waals surface area contributed by atoms with Crippen molar-refractivity contribution >= 4 is 53.1 Å². The van der Waals surface area contributed by atoms with E-state index in [0.29, 0.717) is 36.3 Å². The van der Waals surface area contributed by atoms with Gasteiger partial charge in [-0.25, -0.2) is 0 Å². The number of nitrogens with zero attached hydrogens (tertiary/aromatic N) is 1. The zero-order valence-corrected chi connectivity index (χ0v) is 16.1. The summed E-state index contributed by atoms with van der Waals surface area (Å²) in [5.41, 5.74) is 6.53. The lowest BCUT2D eigenvalue weighted by Gasteiger charge is -2.23. The molecule has 1 aliphatic rings. The van der Waals surface area contributed by atoms with Crippen LogP contribution in [-0.2, 0) is 4.79 Å². The molecule has 128 valence electrons. The summed E-state index contributed by atoms with van der Waals surface area (Å²) in [6, 6.07) is 7.06. The number of rotatable bonds is 7. The van der Waals surface area contributed by atoms with Gasteiger partial charge in [-0.15, -0.1) is 24.0 Å². The molecule has 0 heterocycles. The fraction of sp³-hybridized carbons (Fsp3) is 0.500. The number of hydrogen-bond acceptors (Lipinski definition) is 2. The number of guanidine groups is 1. The topological polar surface area (TPSA) is 79.5 Å². The first-order valence-electron chi connectivity index (χ1n) is 7.72. The fourth-order valence-electron chi connectivity index (χ4n) is 2.18. The third kappa shape index (κ3) is 7.87. The van der Waals surface area contributed by atoms with Crippen molar-refractivity contribution in [2.75, 3.05) is 18.4 Å².